The van der Waals surface area contributed by atoms with Crippen molar-refractivity contribution in [3.05, 3.63) is 11.4 Å². The Hall–Kier alpha value is -1.39. The van der Waals surface area contributed by atoms with E-state index in [0.717, 1.165) is 17.9 Å². The molecule has 2 rings (SSSR count). The third-order valence-electron chi connectivity index (χ3n) is 3.22. The predicted molar refractivity (Wildman–Crippen MR) is 64.4 cm³/mol. The van der Waals surface area contributed by atoms with Crippen LogP contribution in [-0.2, 0) is 17.8 Å². The summed E-state index contributed by atoms with van der Waals surface area (Å²) < 4.78 is 1.97. The van der Waals surface area contributed by atoms with Crippen LogP contribution in [0, 0.1) is 5.92 Å². The van der Waals surface area contributed by atoms with Gasteiger partial charge in [0.25, 0.3) is 0 Å². The van der Waals surface area contributed by atoms with E-state index in [1.807, 2.05) is 4.68 Å². The number of amides is 1. The summed E-state index contributed by atoms with van der Waals surface area (Å²) in [6, 6.07) is 0. The fourth-order valence-electron chi connectivity index (χ4n) is 2.26. The van der Waals surface area contributed by atoms with Crippen molar-refractivity contribution in [3.63, 3.8) is 0 Å². The van der Waals surface area contributed by atoms with Gasteiger partial charge in [-0.2, -0.15) is 0 Å². The van der Waals surface area contributed by atoms with Crippen LogP contribution in [0.1, 0.15) is 50.4 Å². The van der Waals surface area contributed by atoms with Crippen molar-refractivity contribution in [3.8, 4) is 0 Å². The molecule has 0 bridgehead atoms. The van der Waals surface area contributed by atoms with Crippen LogP contribution in [0.5, 0.6) is 0 Å². The highest BCUT2D eigenvalue weighted by Gasteiger charge is 2.28. The Labute approximate surface area is 101 Å². The monoisotopic (exact) mass is 236 g/mol. The minimum atomic E-state index is -0.331. The van der Waals surface area contributed by atoms with E-state index in [2.05, 4.69) is 24.2 Å². The van der Waals surface area contributed by atoms with Gasteiger partial charge in [0.1, 0.15) is 0 Å². The number of primary amides is 1. The lowest BCUT2D eigenvalue weighted by Gasteiger charge is -2.27. The zero-order valence-corrected chi connectivity index (χ0v) is 10.5. The molecule has 0 aromatic carbocycles. The average Bonchev–Trinajstić information content (AvgIpc) is 2.46. The molecule has 0 radical (unpaired) electrons. The Morgan fingerprint density at radius 1 is 1.53 bits per heavy atom. The molecule has 1 amide bonds. The zero-order valence-electron chi connectivity index (χ0n) is 10.5. The van der Waals surface area contributed by atoms with Crippen LogP contribution in [0.2, 0.25) is 0 Å². The topological polar surface area (TPSA) is 73.8 Å². The number of nitrogens with two attached hydrogens (primary N) is 1. The molecule has 2 N–H and O–H groups in total. The van der Waals surface area contributed by atoms with E-state index in [4.69, 9.17) is 5.73 Å². The molecule has 0 unspecified atom stereocenters. The number of hydrogen-bond donors (Lipinski definition) is 1. The van der Waals surface area contributed by atoms with Crippen LogP contribution in [0.4, 0.5) is 0 Å². The van der Waals surface area contributed by atoms with E-state index >= 15 is 0 Å². The van der Waals surface area contributed by atoms with E-state index in [1.54, 1.807) is 0 Å². The van der Waals surface area contributed by atoms with E-state index in [1.165, 1.54) is 19.3 Å². The van der Waals surface area contributed by atoms with Crippen molar-refractivity contribution in [2.75, 3.05) is 0 Å². The Morgan fingerprint density at radius 3 is 2.71 bits per heavy atom. The Bertz CT molecular complexity index is 407. The van der Waals surface area contributed by atoms with E-state index < -0.39 is 0 Å². The molecule has 94 valence electrons. The lowest BCUT2D eigenvalue weighted by Crippen LogP contribution is -2.21. The summed E-state index contributed by atoms with van der Waals surface area (Å²) in [5.74, 6) is 0.720. The molecule has 1 aromatic heterocycles. The third-order valence-corrected chi connectivity index (χ3v) is 3.22. The number of aromatic nitrogens is 3. The van der Waals surface area contributed by atoms with Gasteiger partial charge >= 0.3 is 0 Å². The van der Waals surface area contributed by atoms with E-state index in [0.29, 0.717) is 11.8 Å². The standard InChI is InChI=1S/C12H20N4O/c1-8(2)7-16-12(9-4-3-5-9)10(14-15-16)6-11(13)17/h8-9H,3-7H2,1-2H3,(H2,13,17). The predicted octanol–water partition coefficient (Wildman–Crippen LogP) is 1.23. The van der Waals surface area contributed by atoms with Crippen molar-refractivity contribution in [2.24, 2.45) is 11.7 Å². The molecular formula is C12H20N4O. The minimum Gasteiger partial charge on any atom is -0.369 e. The number of rotatable bonds is 5. The highest BCUT2D eigenvalue weighted by Crippen LogP contribution is 2.37. The van der Waals surface area contributed by atoms with Crippen LogP contribution in [0.3, 0.4) is 0 Å². The van der Waals surface area contributed by atoms with E-state index in [-0.39, 0.29) is 12.3 Å². The average molecular weight is 236 g/mol. The Morgan fingerprint density at radius 2 is 2.24 bits per heavy atom. The number of nitrogens with zero attached hydrogens (tertiary/aromatic N) is 3. The molecule has 0 atom stereocenters. The minimum absolute atomic E-state index is 0.212. The maximum atomic E-state index is 11.0. The van der Waals surface area contributed by atoms with Gasteiger partial charge in [0.15, 0.2) is 0 Å². The molecule has 1 aliphatic rings. The second-order valence-electron chi connectivity index (χ2n) is 5.27. The lowest BCUT2D eigenvalue weighted by atomic mass is 9.81. The summed E-state index contributed by atoms with van der Waals surface area (Å²) in [6.45, 7) is 5.16. The van der Waals surface area contributed by atoms with Crippen molar-refractivity contribution in [1.29, 1.82) is 0 Å². The van der Waals surface area contributed by atoms with Gasteiger partial charge in [-0.15, -0.1) is 5.10 Å². The van der Waals surface area contributed by atoms with Gasteiger partial charge in [0.05, 0.1) is 17.8 Å². The summed E-state index contributed by atoms with van der Waals surface area (Å²) in [5.41, 5.74) is 7.17. The first-order valence-electron chi connectivity index (χ1n) is 6.28. The summed E-state index contributed by atoms with van der Waals surface area (Å²) in [5, 5.41) is 8.30. The molecule has 1 saturated carbocycles. The maximum Gasteiger partial charge on any atom is 0.223 e. The van der Waals surface area contributed by atoms with Gasteiger partial charge in [-0.3, -0.25) is 4.79 Å². The first-order valence-corrected chi connectivity index (χ1v) is 6.28. The summed E-state index contributed by atoms with van der Waals surface area (Å²) in [7, 11) is 0. The second-order valence-corrected chi connectivity index (χ2v) is 5.27. The zero-order chi connectivity index (χ0) is 12.4. The molecule has 17 heavy (non-hydrogen) atoms. The highest BCUT2D eigenvalue weighted by atomic mass is 16.1. The Kier molecular flexibility index (Phi) is 3.45. The summed E-state index contributed by atoms with van der Waals surface area (Å²) in [6.07, 6.45) is 3.83. The fourth-order valence-corrected chi connectivity index (χ4v) is 2.26. The molecule has 0 aliphatic heterocycles. The third kappa shape index (κ3) is 2.65. The van der Waals surface area contributed by atoms with Crippen LogP contribution in [-0.4, -0.2) is 20.9 Å². The van der Waals surface area contributed by atoms with E-state index in [9.17, 15) is 4.79 Å². The molecule has 0 spiro atoms. The van der Waals surface area contributed by atoms with Crippen LogP contribution in [0.25, 0.3) is 0 Å². The first kappa shape index (κ1) is 12.1. The normalized spacial score (nSPS) is 16.2. The Balaban J connectivity index is 2.25. The molecule has 5 heteroatoms. The SMILES string of the molecule is CC(C)Cn1nnc(CC(N)=O)c1C1CCC1. The molecule has 1 aliphatic carbocycles. The quantitative estimate of drug-likeness (QED) is 0.835. The largest absolute Gasteiger partial charge is 0.369 e. The lowest BCUT2D eigenvalue weighted by molar-refractivity contribution is -0.117. The fraction of sp³-hybridized carbons (Fsp3) is 0.750. The van der Waals surface area contributed by atoms with Gasteiger partial charge in [0, 0.05) is 12.5 Å². The summed E-state index contributed by atoms with van der Waals surface area (Å²) >= 11 is 0. The summed E-state index contributed by atoms with van der Waals surface area (Å²) in [4.78, 5) is 11.0. The molecule has 1 fully saturated rings. The molecule has 0 saturated heterocycles. The van der Waals surface area contributed by atoms with Gasteiger partial charge < -0.3 is 5.73 Å². The van der Waals surface area contributed by atoms with Crippen molar-refractivity contribution in [2.45, 2.75) is 52.0 Å². The van der Waals surface area contributed by atoms with Crippen molar-refractivity contribution in [1.82, 2.24) is 15.0 Å². The number of hydrogen-bond acceptors (Lipinski definition) is 3. The number of carbonyl (C=O) groups excluding carboxylic acids is 1. The van der Waals surface area contributed by atoms with Gasteiger partial charge in [-0.05, 0) is 18.8 Å². The first-order chi connectivity index (χ1) is 8.08. The molecule has 1 aromatic rings. The van der Waals surface area contributed by atoms with Crippen LogP contribution in [0.15, 0.2) is 0 Å². The smallest absolute Gasteiger partial charge is 0.223 e. The maximum absolute atomic E-state index is 11.0. The number of carbonyl (C=O) groups is 1. The second kappa shape index (κ2) is 4.85. The van der Waals surface area contributed by atoms with Gasteiger partial charge in [-0.1, -0.05) is 25.5 Å². The van der Waals surface area contributed by atoms with Crippen molar-refractivity contribution >= 4 is 5.91 Å². The molecule has 1 heterocycles. The molecular weight excluding hydrogens is 216 g/mol. The van der Waals surface area contributed by atoms with Crippen molar-refractivity contribution < 1.29 is 4.79 Å². The molecule has 5 nitrogen and oxygen atoms in total. The van der Waals surface area contributed by atoms with Crippen LogP contribution >= 0.6 is 0 Å². The highest BCUT2D eigenvalue weighted by molar-refractivity contribution is 5.76. The van der Waals surface area contributed by atoms with Gasteiger partial charge in [0.2, 0.25) is 5.91 Å². The van der Waals surface area contributed by atoms with Gasteiger partial charge in [-0.25, -0.2) is 4.68 Å². The van der Waals surface area contributed by atoms with Crippen LogP contribution < -0.4 is 5.73 Å².